The number of piperidine rings is 1. The number of carbonyl (C=O) groups is 1. The summed E-state index contributed by atoms with van der Waals surface area (Å²) < 4.78 is 7.80. The Bertz CT molecular complexity index is 649. The van der Waals surface area contributed by atoms with Gasteiger partial charge in [0, 0.05) is 38.9 Å². The molecule has 0 atom stereocenters. The molecule has 6 heteroatoms. The lowest BCUT2D eigenvalue weighted by molar-refractivity contribution is -0.133. The van der Waals surface area contributed by atoms with Crippen LogP contribution in [0.15, 0.2) is 36.9 Å². The third-order valence-corrected chi connectivity index (χ3v) is 4.33. The van der Waals surface area contributed by atoms with Crippen LogP contribution in [0.4, 0.5) is 0 Å². The lowest BCUT2D eigenvalue weighted by Crippen LogP contribution is -2.41. The number of ether oxygens (including phenoxy) is 1. The molecular weight excluding hydrogens is 304 g/mol. The van der Waals surface area contributed by atoms with Crippen molar-refractivity contribution >= 4 is 5.91 Å². The number of aryl methyl sites for hydroxylation is 2. The zero-order chi connectivity index (χ0) is 16.8. The zero-order valence-corrected chi connectivity index (χ0v) is 14.1. The summed E-state index contributed by atoms with van der Waals surface area (Å²) in [6, 6.07) is 8.13. The maximum atomic E-state index is 12.3. The maximum Gasteiger partial charge on any atom is 0.222 e. The van der Waals surface area contributed by atoms with Crippen molar-refractivity contribution < 1.29 is 9.53 Å². The highest BCUT2D eigenvalue weighted by molar-refractivity contribution is 5.76. The van der Waals surface area contributed by atoms with Gasteiger partial charge in [0.1, 0.15) is 24.5 Å². The average Bonchev–Trinajstić information content (AvgIpc) is 3.09. The van der Waals surface area contributed by atoms with E-state index >= 15 is 0 Å². The number of rotatable bonds is 6. The standard InChI is InChI=1S/C18H24N4O2/c1-15-4-2-5-17(12-15)24-16-7-10-21(11-8-16)18(23)6-3-9-22-14-19-13-20-22/h2,4-5,12-14,16H,3,6-11H2,1H3. The van der Waals surface area contributed by atoms with Gasteiger partial charge in [-0.25, -0.2) is 4.98 Å². The number of benzene rings is 1. The predicted octanol–water partition coefficient (Wildman–Crippen LogP) is 2.44. The summed E-state index contributed by atoms with van der Waals surface area (Å²) in [6.07, 6.45) is 6.53. The van der Waals surface area contributed by atoms with Crippen molar-refractivity contribution in [1.82, 2.24) is 19.7 Å². The Morgan fingerprint density at radius 1 is 1.33 bits per heavy atom. The Balaban J connectivity index is 1.38. The number of hydrogen-bond acceptors (Lipinski definition) is 4. The molecule has 2 heterocycles. The highest BCUT2D eigenvalue weighted by atomic mass is 16.5. The van der Waals surface area contributed by atoms with Gasteiger partial charge in [0.25, 0.3) is 0 Å². The molecule has 1 aliphatic heterocycles. The molecule has 1 amide bonds. The Labute approximate surface area is 142 Å². The van der Waals surface area contributed by atoms with E-state index in [1.165, 1.54) is 11.9 Å². The molecule has 0 aliphatic carbocycles. The maximum absolute atomic E-state index is 12.3. The van der Waals surface area contributed by atoms with E-state index in [0.29, 0.717) is 6.42 Å². The van der Waals surface area contributed by atoms with Crippen LogP contribution in [-0.4, -0.2) is 44.8 Å². The second-order valence-corrected chi connectivity index (χ2v) is 6.28. The van der Waals surface area contributed by atoms with Crippen LogP contribution in [0.3, 0.4) is 0 Å². The highest BCUT2D eigenvalue weighted by Gasteiger charge is 2.23. The smallest absolute Gasteiger partial charge is 0.222 e. The molecule has 1 aromatic heterocycles. The first-order valence-corrected chi connectivity index (χ1v) is 8.54. The number of nitrogens with zero attached hydrogens (tertiary/aromatic N) is 4. The Hall–Kier alpha value is -2.37. The minimum absolute atomic E-state index is 0.200. The van der Waals surface area contributed by atoms with Crippen LogP contribution in [0.2, 0.25) is 0 Å². The second kappa shape index (κ2) is 7.95. The molecule has 0 unspecified atom stereocenters. The molecule has 3 rings (SSSR count). The van der Waals surface area contributed by atoms with Gasteiger partial charge in [0.05, 0.1) is 0 Å². The summed E-state index contributed by atoms with van der Waals surface area (Å²) in [5.41, 5.74) is 1.20. The average molecular weight is 328 g/mol. The van der Waals surface area contributed by atoms with E-state index in [1.54, 1.807) is 11.0 Å². The van der Waals surface area contributed by atoms with E-state index in [-0.39, 0.29) is 12.0 Å². The van der Waals surface area contributed by atoms with Gasteiger partial charge in [0.15, 0.2) is 0 Å². The van der Waals surface area contributed by atoms with Crippen LogP contribution in [0.1, 0.15) is 31.2 Å². The minimum atomic E-state index is 0.200. The molecule has 1 aliphatic rings. The van der Waals surface area contributed by atoms with Crippen LogP contribution >= 0.6 is 0 Å². The van der Waals surface area contributed by atoms with Crippen molar-refractivity contribution in [3.05, 3.63) is 42.5 Å². The van der Waals surface area contributed by atoms with E-state index in [1.807, 2.05) is 17.0 Å². The topological polar surface area (TPSA) is 60.2 Å². The molecule has 0 spiro atoms. The quantitative estimate of drug-likeness (QED) is 0.817. The van der Waals surface area contributed by atoms with E-state index in [9.17, 15) is 4.79 Å². The fourth-order valence-electron chi connectivity index (χ4n) is 3.00. The number of amides is 1. The summed E-state index contributed by atoms with van der Waals surface area (Å²) in [5.74, 6) is 1.15. The van der Waals surface area contributed by atoms with Crippen molar-refractivity contribution in [1.29, 1.82) is 0 Å². The van der Waals surface area contributed by atoms with Crippen LogP contribution in [0, 0.1) is 6.92 Å². The van der Waals surface area contributed by atoms with Gasteiger partial charge < -0.3 is 9.64 Å². The summed E-state index contributed by atoms with van der Waals surface area (Å²) in [5, 5.41) is 4.05. The van der Waals surface area contributed by atoms with Crippen LogP contribution in [0.25, 0.3) is 0 Å². The third kappa shape index (κ3) is 4.57. The number of aromatic nitrogens is 3. The van der Waals surface area contributed by atoms with Crippen molar-refractivity contribution in [3.8, 4) is 5.75 Å². The second-order valence-electron chi connectivity index (χ2n) is 6.28. The van der Waals surface area contributed by atoms with Gasteiger partial charge in [-0.3, -0.25) is 9.48 Å². The van der Waals surface area contributed by atoms with E-state index in [4.69, 9.17) is 4.74 Å². The molecule has 6 nitrogen and oxygen atoms in total. The number of likely N-dealkylation sites (tertiary alicyclic amines) is 1. The normalized spacial score (nSPS) is 15.5. The fraction of sp³-hybridized carbons (Fsp3) is 0.500. The van der Waals surface area contributed by atoms with Gasteiger partial charge in [0.2, 0.25) is 5.91 Å². The highest BCUT2D eigenvalue weighted by Crippen LogP contribution is 2.20. The van der Waals surface area contributed by atoms with E-state index in [2.05, 4.69) is 29.1 Å². The lowest BCUT2D eigenvalue weighted by atomic mass is 10.1. The number of hydrogen-bond donors (Lipinski definition) is 0. The molecule has 0 N–H and O–H groups in total. The van der Waals surface area contributed by atoms with Crippen LogP contribution in [0.5, 0.6) is 5.75 Å². The van der Waals surface area contributed by atoms with Crippen molar-refractivity contribution in [2.75, 3.05) is 13.1 Å². The Kier molecular flexibility index (Phi) is 5.46. The lowest BCUT2D eigenvalue weighted by Gasteiger charge is -2.32. The summed E-state index contributed by atoms with van der Waals surface area (Å²) in [7, 11) is 0. The zero-order valence-electron chi connectivity index (χ0n) is 14.1. The molecule has 2 aromatic rings. The first kappa shape index (κ1) is 16.5. The molecule has 128 valence electrons. The monoisotopic (exact) mass is 328 g/mol. The van der Waals surface area contributed by atoms with Gasteiger partial charge in [-0.1, -0.05) is 12.1 Å². The summed E-state index contributed by atoms with van der Waals surface area (Å²) in [6.45, 7) is 4.35. The van der Waals surface area contributed by atoms with Crippen molar-refractivity contribution in [2.45, 2.75) is 45.3 Å². The van der Waals surface area contributed by atoms with Gasteiger partial charge in [-0.2, -0.15) is 5.10 Å². The fourth-order valence-corrected chi connectivity index (χ4v) is 3.00. The Morgan fingerprint density at radius 2 is 2.17 bits per heavy atom. The van der Waals surface area contributed by atoms with Gasteiger partial charge in [-0.15, -0.1) is 0 Å². The van der Waals surface area contributed by atoms with Crippen LogP contribution < -0.4 is 4.74 Å². The molecule has 1 fully saturated rings. The van der Waals surface area contributed by atoms with Crippen molar-refractivity contribution in [2.24, 2.45) is 0 Å². The van der Waals surface area contributed by atoms with E-state index < -0.39 is 0 Å². The minimum Gasteiger partial charge on any atom is -0.490 e. The van der Waals surface area contributed by atoms with E-state index in [0.717, 1.165) is 44.6 Å². The molecule has 0 bridgehead atoms. The van der Waals surface area contributed by atoms with Crippen LogP contribution in [-0.2, 0) is 11.3 Å². The molecule has 0 radical (unpaired) electrons. The van der Waals surface area contributed by atoms with Crippen molar-refractivity contribution in [3.63, 3.8) is 0 Å². The SMILES string of the molecule is Cc1cccc(OC2CCN(C(=O)CCCn3cncn3)CC2)c1. The van der Waals surface area contributed by atoms with Gasteiger partial charge in [-0.05, 0) is 31.0 Å². The molecular formula is C18H24N4O2. The molecule has 24 heavy (non-hydrogen) atoms. The predicted molar refractivity (Wildman–Crippen MR) is 90.7 cm³/mol. The third-order valence-electron chi connectivity index (χ3n) is 4.33. The summed E-state index contributed by atoms with van der Waals surface area (Å²) in [4.78, 5) is 18.1. The first-order valence-electron chi connectivity index (χ1n) is 8.54. The summed E-state index contributed by atoms with van der Waals surface area (Å²) >= 11 is 0. The van der Waals surface area contributed by atoms with Gasteiger partial charge >= 0.3 is 0 Å². The largest absolute Gasteiger partial charge is 0.490 e. The molecule has 1 aromatic carbocycles. The first-order chi connectivity index (χ1) is 11.7. The Morgan fingerprint density at radius 3 is 2.88 bits per heavy atom. The molecule has 0 saturated carbocycles. The number of carbonyl (C=O) groups excluding carboxylic acids is 1. The molecule has 1 saturated heterocycles.